The summed E-state index contributed by atoms with van der Waals surface area (Å²) >= 11 is 0. The number of carboxylic acid groups (broad SMARTS) is 1. The molecule has 0 amide bonds. The zero-order valence-electron chi connectivity index (χ0n) is 14.7. The number of hydrogen-bond donors (Lipinski definition) is 2. The van der Waals surface area contributed by atoms with Crippen molar-refractivity contribution < 1.29 is 9.90 Å². The van der Waals surface area contributed by atoms with Crippen LogP contribution >= 0.6 is 0 Å². The minimum atomic E-state index is -0.962. The number of hydrogen-bond acceptors (Lipinski definition) is 5. The third kappa shape index (κ3) is 3.90. The van der Waals surface area contributed by atoms with Crippen molar-refractivity contribution in [2.24, 2.45) is 0 Å². The van der Waals surface area contributed by atoms with Crippen LogP contribution in [0.1, 0.15) is 48.7 Å². The Hall–Kier alpha value is -2.63. The van der Waals surface area contributed by atoms with Gasteiger partial charge in [0.05, 0.1) is 11.3 Å². The zero-order chi connectivity index (χ0) is 17.8. The monoisotopic (exact) mass is 340 g/mol. The normalized spacial score (nSPS) is 17.4. The predicted octanol–water partition coefficient (Wildman–Crippen LogP) is 4.00. The second kappa shape index (κ2) is 7.51. The molecule has 1 fully saturated rings. The summed E-state index contributed by atoms with van der Waals surface area (Å²) < 4.78 is 0. The summed E-state index contributed by atoms with van der Waals surface area (Å²) in [4.78, 5) is 23.0. The molecule has 1 atom stereocenters. The number of carboxylic acids is 1. The lowest BCUT2D eigenvalue weighted by Gasteiger charge is -2.35. The predicted molar refractivity (Wildman–Crippen MR) is 98.7 cm³/mol. The standard InChI is InChI=1S/C19H24N4O2/c1-3-14-8-6-7-11-23(14)19-20-13(2)12-17(22-19)21-16-10-5-4-9-15(16)18(24)25/h4-5,9-10,12,14H,3,6-8,11H2,1-2H3,(H,24,25)(H,20,21,22). The van der Waals surface area contributed by atoms with E-state index < -0.39 is 5.97 Å². The fourth-order valence-corrected chi connectivity index (χ4v) is 3.35. The Morgan fingerprint density at radius 1 is 1.32 bits per heavy atom. The van der Waals surface area contributed by atoms with Crippen LogP contribution in [0.15, 0.2) is 30.3 Å². The number of aromatic nitrogens is 2. The lowest BCUT2D eigenvalue weighted by Crippen LogP contribution is -2.40. The molecule has 1 aliphatic heterocycles. The van der Waals surface area contributed by atoms with E-state index in [1.807, 2.05) is 19.1 Å². The Morgan fingerprint density at radius 3 is 2.88 bits per heavy atom. The van der Waals surface area contributed by atoms with Crippen molar-refractivity contribution in [2.75, 3.05) is 16.8 Å². The molecule has 1 aromatic heterocycles. The number of rotatable bonds is 5. The molecule has 0 radical (unpaired) electrons. The van der Waals surface area contributed by atoms with Crippen LogP contribution in [-0.2, 0) is 0 Å². The minimum absolute atomic E-state index is 0.227. The third-order valence-corrected chi connectivity index (χ3v) is 4.62. The Labute approximate surface area is 147 Å². The first-order valence-corrected chi connectivity index (χ1v) is 8.80. The number of benzene rings is 1. The fourth-order valence-electron chi connectivity index (χ4n) is 3.35. The van der Waals surface area contributed by atoms with Crippen LogP contribution in [-0.4, -0.2) is 33.6 Å². The average Bonchev–Trinajstić information content (AvgIpc) is 2.61. The van der Waals surface area contributed by atoms with Crippen LogP contribution in [0.5, 0.6) is 0 Å². The number of aryl methyl sites for hydroxylation is 1. The van der Waals surface area contributed by atoms with Crippen LogP contribution in [0, 0.1) is 6.92 Å². The van der Waals surface area contributed by atoms with Crippen molar-refractivity contribution in [3.05, 3.63) is 41.6 Å². The van der Waals surface area contributed by atoms with Gasteiger partial charge in [-0.3, -0.25) is 0 Å². The average molecular weight is 340 g/mol. The van der Waals surface area contributed by atoms with Crippen LogP contribution < -0.4 is 10.2 Å². The molecule has 1 unspecified atom stereocenters. The number of carbonyl (C=O) groups is 1. The van der Waals surface area contributed by atoms with Crippen molar-refractivity contribution >= 4 is 23.4 Å². The van der Waals surface area contributed by atoms with E-state index in [4.69, 9.17) is 0 Å². The maximum Gasteiger partial charge on any atom is 0.337 e. The highest BCUT2D eigenvalue weighted by Gasteiger charge is 2.23. The molecule has 1 aliphatic rings. The molecule has 132 valence electrons. The van der Waals surface area contributed by atoms with Crippen LogP contribution in [0.4, 0.5) is 17.5 Å². The van der Waals surface area contributed by atoms with E-state index in [0.717, 1.165) is 31.0 Å². The Morgan fingerprint density at radius 2 is 2.12 bits per heavy atom. The van der Waals surface area contributed by atoms with Gasteiger partial charge in [0.1, 0.15) is 5.82 Å². The summed E-state index contributed by atoms with van der Waals surface area (Å²) in [5.74, 6) is 0.384. The number of aromatic carboxylic acids is 1. The van der Waals surface area contributed by atoms with E-state index in [1.54, 1.807) is 18.2 Å². The van der Waals surface area contributed by atoms with Gasteiger partial charge in [-0.15, -0.1) is 0 Å². The number of nitrogens with zero attached hydrogens (tertiary/aromatic N) is 3. The third-order valence-electron chi connectivity index (χ3n) is 4.62. The molecular weight excluding hydrogens is 316 g/mol. The molecule has 0 saturated carbocycles. The topological polar surface area (TPSA) is 78.4 Å². The van der Waals surface area contributed by atoms with Crippen molar-refractivity contribution in [3.63, 3.8) is 0 Å². The number of piperidine rings is 1. The summed E-state index contributed by atoms with van der Waals surface area (Å²) in [7, 11) is 0. The number of para-hydroxylation sites is 1. The van der Waals surface area contributed by atoms with Crippen molar-refractivity contribution in [3.8, 4) is 0 Å². The van der Waals surface area contributed by atoms with Gasteiger partial charge < -0.3 is 15.3 Å². The molecule has 3 rings (SSSR count). The highest BCUT2D eigenvalue weighted by Crippen LogP contribution is 2.26. The molecule has 2 N–H and O–H groups in total. The first-order valence-electron chi connectivity index (χ1n) is 8.80. The lowest BCUT2D eigenvalue weighted by atomic mass is 10.0. The Bertz CT molecular complexity index is 763. The van der Waals surface area contributed by atoms with Crippen LogP contribution in [0.2, 0.25) is 0 Å². The molecule has 0 spiro atoms. The summed E-state index contributed by atoms with van der Waals surface area (Å²) in [6.45, 7) is 5.10. The molecular formula is C19H24N4O2. The maximum absolute atomic E-state index is 11.4. The molecule has 2 aromatic rings. The van der Waals surface area contributed by atoms with Gasteiger partial charge in [-0.25, -0.2) is 9.78 Å². The Balaban J connectivity index is 1.91. The second-order valence-electron chi connectivity index (χ2n) is 6.42. The molecule has 1 saturated heterocycles. The van der Waals surface area contributed by atoms with E-state index in [2.05, 4.69) is 27.1 Å². The summed E-state index contributed by atoms with van der Waals surface area (Å²) in [6, 6.07) is 9.15. The van der Waals surface area contributed by atoms with Gasteiger partial charge in [-0.1, -0.05) is 19.1 Å². The van der Waals surface area contributed by atoms with Crippen molar-refractivity contribution in [2.45, 2.75) is 45.6 Å². The Kier molecular flexibility index (Phi) is 5.16. The van der Waals surface area contributed by atoms with Crippen molar-refractivity contribution in [1.82, 2.24) is 9.97 Å². The van der Waals surface area contributed by atoms with Gasteiger partial charge in [0, 0.05) is 24.3 Å². The molecule has 25 heavy (non-hydrogen) atoms. The van der Waals surface area contributed by atoms with Gasteiger partial charge in [0.25, 0.3) is 0 Å². The highest BCUT2D eigenvalue weighted by molar-refractivity contribution is 5.95. The minimum Gasteiger partial charge on any atom is -0.478 e. The van der Waals surface area contributed by atoms with E-state index in [1.165, 1.54) is 12.8 Å². The lowest BCUT2D eigenvalue weighted by molar-refractivity contribution is 0.0698. The molecule has 0 aliphatic carbocycles. The highest BCUT2D eigenvalue weighted by atomic mass is 16.4. The van der Waals surface area contributed by atoms with Gasteiger partial charge in [-0.2, -0.15) is 4.98 Å². The molecule has 1 aromatic carbocycles. The SMILES string of the molecule is CCC1CCCCN1c1nc(C)cc(Nc2ccccc2C(=O)O)n1. The van der Waals surface area contributed by atoms with E-state index >= 15 is 0 Å². The van der Waals surface area contributed by atoms with Gasteiger partial charge >= 0.3 is 5.97 Å². The summed E-state index contributed by atoms with van der Waals surface area (Å²) in [5, 5.41) is 12.5. The molecule has 0 bridgehead atoms. The quantitative estimate of drug-likeness (QED) is 0.857. The maximum atomic E-state index is 11.4. The summed E-state index contributed by atoms with van der Waals surface area (Å²) in [6.07, 6.45) is 4.64. The first-order chi connectivity index (χ1) is 12.1. The van der Waals surface area contributed by atoms with E-state index in [-0.39, 0.29) is 5.56 Å². The van der Waals surface area contributed by atoms with Crippen molar-refractivity contribution in [1.29, 1.82) is 0 Å². The molecule has 2 heterocycles. The van der Waals surface area contributed by atoms with E-state index in [9.17, 15) is 9.90 Å². The summed E-state index contributed by atoms with van der Waals surface area (Å²) in [5.41, 5.74) is 1.62. The fraction of sp³-hybridized carbons (Fsp3) is 0.421. The van der Waals surface area contributed by atoms with E-state index in [0.29, 0.717) is 17.5 Å². The molecule has 6 nitrogen and oxygen atoms in total. The molecule has 6 heteroatoms. The zero-order valence-corrected chi connectivity index (χ0v) is 14.7. The van der Waals surface area contributed by atoms with Crippen LogP contribution in [0.25, 0.3) is 0 Å². The largest absolute Gasteiger partial charge is 0.478 e. The van der Waals surface area contributed by atoms with Crippen LogP contribution in [0.3, 0.4) is 0 Å². The smallest absolute Gasteiger partial charge is 0.337 e. The number of nitrogens with one attached hydrogen (secondary N) is 1. The first kappa shape index (κ1) is 17.2. The number of anilines is 3. The van der Waals surface area contributed by atoms with Gasteiger partial charge in [0.2, 0.25) is 5.95 Å². The van der Waals surface area contributed by atoms with Gasteiger partial charge in [-0.05, 0) is 44.7 Å². The second-order valence-corrected chi connectivity index (χ2v) is 6.42. The van der Waals surface area contributed by atoms with Gasteiger partial charge in [0.15, 0.2) is 0 Å².